The molecule has 7 rings (SSSR count). The topological polar surface area (TPSA) is 206 Å². The molecule has 4 saturated carbocycles. The summed E-state index contributed by atoms with van der Waals surface area (Å²) in [6.45, 7) is 9.56. The van der Waals surface area contributed by atoms with E-state index in [1.54, 1.807) is 6.92 Å². The van der Waals surface area contributed by atoms with E-state index in [0.29, 0.717) is 55.1 Å². The summed E-state index contributed by atoms with van der Waals surface area (Å²) in [6.07, 6.45) is 8.82. The first-order valence-electron chi connectivity index (χ1n) is 22.1. The van der Waals surface area contributed by atoms with Gasteiger partial charge in [-0.15, -0.1) is 0 Å². The third-order valence-corrected chi connectivity index (χ3v) is 17.0. The standard InChI is InChI=1S/C45H72N2O9/c1-6-7-26-8-11-28-24(2)40(56-35(28)12-9-26)41(53)43(5,54)36-16-19-45(55)38-29(20-32(49)25(3)48)39(52)31-21-33(50)34(51)22-44(31,30(38)15-17-42(36,45)4)18-14-27-10-13-37(46)47-23-27/h10,13,23-26,28,30-37,40-41,47-51,53-55H,6-9,11-12,14-22,46H2,1-5H3/t24-,25-,26+,28-,30-,31-,32-,33+,34-,35+,36-,37?,40+,41+,42+,43+,44+,45+/m0/s1. The molecule has 5 aliphatic carbocycles. The van der Waals surface area contributed by atoms with Crippen molar-refractivity contribution in [1.82, 2.24) is 5.32 Å². The molecule has 316 valence electrons. The second-order valence-corrected chi connectivity index (χ2v) is 20.0. The Morgan fingerprint density at radius 2 is 1.79 bits per heavy atom. The number of ketones is 1. The van der Waals surface area contributed by atoms with Crippen LogP contribution in [-0.2, 0) is 9.53 Å². The average molecular weight is 785 g/mol. The molecule has 11 nitrogen and oxygen atoms in total. The number of hydrogen-bond donors (Lipinski definition) is 9. The highest BCUT2D eigenvalue weighted by Crippen LogP contribution is 2.71. The van der Waals surface area contributed by atoms with Gasteiger partial charge in [0.15, 0.2) is 5.78 Å². The molecule has 1 saturated heterocycles. The first-order valence-corrected chi connectivity index (χ1v) is 22.1. The summed E-state index contributed by atoms with van der Waals surface area (Å²) in [5.41, 5.74) is 2.93. The van der Waals surface area contributed by atoms with Crippen LogP contribution in [0, 0.1) is 46.3 Å². The second kappa shape index (κ2) is 15.7. The quantitative estimate of drug-likeness (QED) is 0.147. The molecular formula is C45H72N2O9. The van der Waals surface area contributed by atoms with Crippen LogP contribution in [0.25, 0.3) is 0 Å². The van der Waals surface area contributed by atoms with Gasteiger partial charge < -0.3 is 51.5 Å². The summed E-state index contributed by atoms with van der Waals surface area (Å²) >= 11 is 0. The van der Waals surface area contributed by atoms with Gasteiger partial charge in [0, 0.05) is 29.5 Å². The Balaban J connectivity index is 1.24. The van der Waals surface area contributed by atoms with Crippen LogP contribution in [0.5, 0.6) is 0 Å². The van der Waals surface area contributed by atoms with Crippen molar-refractivity contribution in [3.05, 3.63) is 35.1 Å². The van der Waals surface area contributed by atoms with E-state index in [-0.39, 0.29) is 55.6 Å². The van der Waals surface area contributed by atoms with Gasteiger partial charge in [-0.3, -0.25) is 4.79 Å². The maximum Gasteiger partial charge on any atom is 0.162 e. The fourth-order valence-electron chi connectivity index (χ4n) is 13.7. The lowest BCUT2D eigenvalue weighted by molar-refractivity contribution is -0.199. The highest BCUT2D eigenvalue weighted by Gasteiger charge is 2.71. The molecule has 7 aliphatic rings. The lowest BCUT2D eigenvalue weighted by Crippen LogP contribution is -2.65. The van der Waals surface area contributed by atoms with Gasteiger partial charge in [-0.1, -0.05) is 46.1 Å². The highest BCUT2D eigenvalue weighted by molar-refractivity contribution is 6.00. The molecule has 11 heteroatoms. The molecule has 0 spiro atoms. The summed E-state index contributed by atoms with van der Waals surface area (Å²) in [5, 5.41) is 85.5. The Bertz CT molecular complexity index is 1560. The number of rotatable bonds is 11. The maximum atomic E-state index is 15.0. The SMILES string of the molecule is CCC[C@@H]1CC[C@H]2[C@H](C)[C@H]([C@@H](O)[C@](C)(O)[C@H]3CC[C@@]4(O)C5=C(C[C@H](O)[C@H](C)O)C(=O)[C@@H]6C[C@@H](O)[C@@H](O)C[C@]6(CCC6=CNC(N)C=C6)[C@H]5CC[C@]34C)O[C@@H]2CC1. The number of Topliss-reactive ketones (excluding diaryl/α,β-unsaturated/α-hetero) is 1. The molecule has 5 fully saturated rings. The van der Waals surface area contributed by atoms with E-state index >= 15 is 4.79 Å². The van der Waals surface area contributed by atoms with Crippen LogP contribution in [0.2, 0.25) is 0 Å². The molecule has 0 aromatic carbocycles. The van der Waals surface area contributed by atoms with Crippen molar-refractivity contribution in [2.24, 2.45) is 52.1 Å². The number of nitrogens with one attached hydrogen (secondary N) is 1. The number of aliphatic hydroxyl groups is 7. The van der Waals surface area contributed by atoms with Crippen LogP contribution in [0.1, 0.15) is 131 Å². The molecular weight excluding hydrogens is 712 g/mol. The minimum absolute atomic E-state index is 0.0519. The minimum atomic E-state index is -1.63. The molecule has 18 atom stereocenters. The summed E-state index contributed by atoms with van der Waals surface area (Å²) in [6, 6.07) is 0. The van der Waals surface area contributed by atoms with Crippen LogP contribution >= 0.6 is 0 Å². The van der Waals surface area contributed by atoms with E-state index in [4.69, 9.17) is 10.5 Å². The summed E-state index contributed by atoms with van der Waals surface area (Å²) in [5.74, 6) is -0.729. The van der Waals surface area contributed by atoms with Crippen LogP contribution in [0.4, 0.5) is 0 Å². The number of dihydropyridines is 1. The Morgan fingerprint density at radius 3 is 2.46 bits per heavy atom. The molecule has 2 heterocycles. The highest BCUT2D eigenvalue weighted by atomic mass is 16.5. The molecule has 1 unspecified atom stereocenters. The van der Waals surface area contributed by atoms with E-state index in [1.165, 1.54) is 19.8 Å². The van der Waals surface area contributed by atoms with Crippen molar-refractivity contribution in [2.45, 2.75) is 191 Å². The number of hydrogen-bond acceptors (Lipinski definition) is 11. The smallest absolute Gasteiger partial charge is 0.162 e. The van der Waals surface area contributed by atoms with Crippen LogP contribution < -0.4 is 11.1 Å². The number of ether oxygens (including phenoxy) is 1. The van der Waals surface area contributed by atoms with Crippen molar-refractivity contribution in [3.8, 4) is 0 Å². The Kier molecular flexibility index (Phi) is 11.9. The zero-order chi connectivity index (χ0) is 40.5. The fraction of sp³-hybridized carbons (Fsp3) is 0.844. The van der Waals surface area contributed by atoms with Crippen LogP contribution in [0.15, 0.2) is 35.1 Å². The van der Waals surface area contributed by atoms with Gasteiger partial charge in [-0.2, -0.15) is 0 Å². The third kappa shape index (κ3) is 6.90. The Hall–Kier alpha value is -1.67. The van der Waals surface area contributed by atoms with Crippen molar-refractivity contribution in [2.75, 3.05) is 0 Å². The van der Waals surface area contributed by atoms with E-state index in [0.717, 1.165) is 31.3 Å². The fourth-order valence-corrected chi connectivity index (χ4v) is 13.7. The van der Waals surface area contributed by atoms with Gasteiger partial charge in [0.25, 0.3) is 0 Å². The van der Waals surface area contributed by atoms with E-state index < -0.39 is 70.5 Å². The molecule has 0 aromatic rings. The third-order valence-electron chi connectivity index (χ3n) is 17.0. The minimum Gasteiger partial charge on any atom is -0.391 e. The lowest BCUT2D eigenvalue weighted by Gasteiger charge is -2.63. The normalized spacial score (nSPS) is 46.3. The Morgan fingerprint density at radius 1 is 1.05 bits per heavy atom. The molecule has 0 amide bonds. The monoisotopic (exact) mass is 785 g/mol. The maximum absolute atomic E-state index is 15.0. The molecule has 0 bridgehead atoms. The largest absolute Gasteiger partial charge is 0.391 e. The summed E-state index contributed by atoms with van der Waals surface area (Å²) < 4.78 is 6.70. The predicted octanol–water partition coefficient (Wildman–Crippen LogP) is 3.90. The Labute approximate surface area is 333 Å². The number of carbonyl (C=O) groups is 1. The van der Waals surface area contributed by atoms with E-state index in [1.807, 2.05) is 25.3 Å². The molecule has 56 heavy (non-hydrogen) atoms. The van der Waals surface area contributed by atoms with E-state index in [2.05, 4.69) is 19.2 Å². The number of carbonyl (C=O) groups excluding carboxylic acids is 1. The predicted molar refractivity (Wildman–Crippen MR) is 212 cm³/mol. The zero-order valence-corrected chi connectivity index (χ0v) is 34.4. The van der Waals surface area contributed by atoms with Gasteiger partial charge in [0.05, 0.1) is 54.0 Å². The average Bonchev–Trinajstić information content (AvgIpc) is 3.53. The number of fused-ring (bicyclic) bond motifs is 6. The van der Waals surface area contributed by atoms with Crippen molar-refractivity contribution >= 4 is 5.78 Å². The van der Waals surface area contributed by atoms with Crippen molar-refractivity contribution in [1.29, 1.82) is 0 Å². The van der Waals surface area contributed by atoms with Gasteiger partial charge in [0.1, 0.15) is 6.10 Å². The van der Waals surface area contributed by atoms with Gasteiger partial charge in [-0.05, 0) is 137 Å². The van der Waals surface area contributed by atoms with Crippen molar-refractivity contribution < 1.29 is 45.3 Å². The van der Waals surface area contributed by atoms with E-state index in [9.17, 15) is 35.7 Å². The zero-order valence-electron chi connectivity index (χ0n) is 34.4. The van der Waals surface area contributed by atoms with Gasteiger partial charge in [0.2, 0.25) is 0 Å². The molecule has 10 N–H and O–H groups in total. The second-order valence-electron chi connectivity index (χ2n) is 20.0. The number of allylic oxidation sites excluding steroid dienone is 2. The van der Waals surface area contributed by atoms with Crippen LogP contribution in [0.3, 0.4) is 0 Å². The van der Waals surface area contributed by atoms with Gasteiger partial charge in [-0.25, -0.2) is 0 Å². The first-order chi connectivity index (χ1) is 26.4. The number of aliphatic hydroxyl groups excluding tert-OH is 5. The summed E-state index contributed by atoms with van der Waals surface area (Å²) in [4.78, 5) is 15.0. The van der Waals surface area contributed by atoms with Crippen molar-refractivity contribution in [3.63, 3.8) is 0 Å². The molecule has 0 aromatic heterocycles. The number of nitrogens with two attached hydrogens (primary N) is 1. The molecule has 0 radical (unpaired) electrons. The lowest BCUT2D eigenvalue weighted by atomic mass is 9.42. The van der Waals surface area contributed by atoms with Gasteiger partial charge >= 0.3 is 0 Å². The first kappa shape index (κ1) is 42.5. The molecule has 2 aliphatic heterocycles. The summed E-state index contributed by atoms with van der Waals surface area (Å²) in [7, 11) is 0. The van der Waals surface area contributed by atoms with Crippen LogP contribution in [-0.4, -0.2) is 102 Å².